The van der Waals surface area contributed by atoms with E-state index in [0.717, 1.165) is 64.2 Å². The van der Waals surface area contributed by atoms with Crippen LogP contribution in [0, 0.1) is 5.92 Å². The van der Waals surface area contributed by atoms with Gasteiger partial charge in [0.05, 0.1) is 4.90 Å². The molecule has 0 saturated carbocycles. The summed E-state index contributed by atoms with van der Waals surface area (Å²) in [7, 11) is -3.16. The van der Waals surface area contributed by atoms with Gasteiger partial charge in [-0.1, -0.05) is 0 Å². The van der Waals surface area contributed by atoms with Crippen LogP contribution in [0.3, 0.4) is 0 Å². The van der Waals surface area contributed by atoms with E-state index >= 15 is 0 Å². The molecule has 7 nitrogen and oxygen atoms in total. The molecule has 2 heterocycles. The number of piperidine rings is 1. The van der Waals surface area contributed by atoms with Crippen molar-refractivity contribution in [2.24, 2.45) is 5.92 Å². The zero-order valence-electron chi connectivity index (χ0n) is 20.2. The standard InChI is InChI=1S/C24H39N3O4S/c1-19-18-27(21-6-8-22(9-7-21)32(5,29)30)17-16-25(19)13-10-20-11-14-26(15-12-20)23(28)31-24(2,3)4/h6-9,19-20H,10-18H2,1-5H3/t19-/m1/s1. The van der Waals surface area contributed by atoms with Gasteiger partial charge in [0, 0.05) is 50.7 Å². The average molecular weight is 466 g/mol. The lowest BCUT2D eigenvalue weighted by molar-refractivity contribution is 0.0176. The minimum Gasteiger partial charge on any atom is -0.444 e. The number of sulfone groups is 1. The van der Waals surface area contributed by atoms with Gasteiger partial charge in [0.15, 0.2) is 9.84 Å². The number of carbonyl (C=O) groups is 1. The fourth-order valence-corrected chi connectivity index (χ4v) is 5.18. The molecule has 32 heavy (non-hydrogen) atoms. The van der Waals surface area contributed by atoms with Gasteiger partial charge in [0.25, 0.3) is 0 Å². The first kappa shape index (κ1) is 24.8. The number of carbonyl (C=O) groups excluding carboxylic acids is 1. The molecule has 8 heteroatoms. The molecule has 0 bridgehead atoms. The molecule has 2 aliphatic rings. The topological polar surface area (TPSA) is 70.2 Å². The molecule has 1 amide bonds. The molecular formula is C24H39N3O4S. The van der Waals surface area contributed by atoms with Crippen LogP contribution in [0.2, 0.25) is 0 Å². The first-order valence-electron chi connectivity index (χ1n) is 11.7. The number of nitrogens with zero attached hydrogens (tertiary/aromatic N) is 3. The summed E-state index contributed by atoms with van der Waals surface area (Å²) in [4.78, 5) is 19.4. The van der Waals surface area contributed by atoms with Gasteiger partial charge in [-0.15, -0.1) is 0 Å². The lowest BCUT2D eigenvalue weighted by atomic mass is 9.93. The van der Waals surface area contributed by atoms with Crippen LogP contribution >= 0.6 is 0 Å². The largest absolute Gasteiger partial charge is 0.444 e. The molecule has 2 saturated heterocycles. The molecule has 180 valence electrons. The second-order valence-electron chi connectivity index (χ2n) is 10.3. The monoisotopic (exact) mass is 465 g/mol. The molecule has 0 unspecified atom stereocenters. The maximum Gasteiger partial charge on any atom is 0.410 e. The van der Waals surface area contributed by atoms with Gasteiger partial charge in [-0.05, 0) is 83.7 Å². The van der Waals surface area contributed by atoms with Crippen molar-refractivity contribution in [2.45, 2.75) is 63.5 Å². The molecule has 1 aromatic rings. The van der Waals surface area contributed by atoms with Gasteiger partial charge in [-0.25, -0.2) is 13.2 Å². The summed E-state index contributed by atoms with van der Waals surface area (Å²) in [6.07, 6.45) is 4.30. The first-order chi connectivity index (χ1) is 14.9. The minimum absolute atomic E-state index is 0.190. The summed E-state index contributed by atoms with van der Waals surface area (Å²) in [5, 5.41) is 0. The Morgan fingerprint density at radius 1 is 1.06 bits per heavy atom. The minimum atomic E-state index is -3.16. The molecule has 0 spiro atoms. The SMILES string of the molecule is C[C@@H]1CN(c2ccc(S(C)(=O)=O)cc2)CCN1CCC1CCN(C(=O)OC(C)(C)C)CC1. The summed E-state index contributed by atoms with van der Waals surface area (Å²) in [6, 6.07) is 7.67. The smallest absolute Gasteiger partial charge is 0.410 e. The number of amides is 1. The van der Waals surface area contributed by atoms with E-state index in [0.29, 0.717) is 16.9 Å². The number of anilines is 1. The van der Waals surface area contributed by atoms with Crippen molar-refractivity contribution in [1.82, 2.24) is 9.80 Å². The van der Waals surface area contributed by atoms with Crippen molar-refractivity contribution < 1.29 is 17.9 Å². The predicted octanol–water partition coefficient (Wildman–Crippen LogP) is 3.64. The van der Waals surface area contributed by atoms with Gasteiger partial charge < -0.3 is 14.5 Å². The molecule has 1 atom stereocenters. The maximum atomic E-state index is 12.2. The highest BCUT2D eigenvalue weighted by molar-refractivity contribution is 7.90. The van der Waals surface area contributed by atoms with Gasteiger partial charge in [-0.3, -0.25) is 4.90 Å². The highest BCUT2D eigenvalue weighted by atomic mass is 32.2. The second-order valence-corrected chi connectivity index (χ2v) is 12.3. The summed E-state index contributed by atoms with van der Waals surface area (Å²) >= 11 is 0. The van der Waals surface area contributed by atoms with E-state index in [1.54, 1.807) is 12.1 Å². The number of ether oxygens (including phenoxy) is 1. The fraction of sp³-hybridized carbons (Fsp3) is 0.708. The van der Waals surface area contributed by atoms with E-state index in [-0.39, 0.29) is 6.09 Å². The van der Waals surface area contributed by atoms with E-state index in [2.05, 4.69) is 16.7 Å². The van der Waals surface area contributed by atoms with E-state index in [9.17, 15) is 13.2 Å². The Hall–Kier alpha value is -1.80. The molecular weight excluding hydrogens is 426 g/mol. The third-order valence-corrected chi connectivity index (χ3v) is 7.61. The van der Waals surface area contributed by atoms with Gasteiger partial charge in [0.2, 0.25) is 0 Å². The lowest BCUT2D eigenvalue weighted by Gasteiger charge is -2.42. The van der Waals surface area contributed by atoms with Crippen LogP contribution in [0.5, 0.6) is 0 Å². The summed E-state index contributed by atoms with van der Waals surface area (Å²) in [5.41, 5.74) is 0.639. The Balaban J connectivity index is 1.42. The molecule has 0 N–H and O–H groups in total. The van der Waals surface area contributed by atoms with Crippen LogP contribution in [0.4, 0.5) is 10.5 Å². The first-order valence-corrected chi connectivity index (χ1v) is 13.6. The molecule has 3 rings (SSSR count). The number of hydrogen-bond acceptors (Lipinski definition) is 6. The van der Waals surface area contributed by atoms with E-state index in [1.807, 2.05) is 37.8 Å². The highest BCUT2D eigenvalue weighted by Gasteiger charge is 2.28. The van der Waals surface area contributed by atoms with Crippen molar-refractivity contribution in [1.29, 1.82) is 0 Å². The van der Waals surface area contributed by atoms with E-state index in [1.165, 1.54) is 6.26 Å². The summed E-state index contributed by atoms with van der Waals surface area (Å²) in [6.45, 7) is 13.5. The lowest BCUT2D eigenvalue weighted by Crippen LogP contribution is -2.52. The van der Waals surface area contributed by atoms with Crippen molar-refractivity contribution >= 4 is 21.6 Å². The van der Waals surface area contributed by atoms with Gasteiger partial charge in [0.1, 0.15) is 5.60 Å². The number of benzene rings is 1. The maximum absolute atomic E-state index is 12.2. The molecule has 0 aromatic heterocycles. The predicted molar refractivity (Wildman–Crippen MR) is 128 cm³/mol. The molecule has 0 aliphatic carbocycles. The number of hydrogen-bond donors (Lipinski definition) is 0. The van der Waals surface area contributed by atoms with Crippen LogP contribution in [0.1, 0.15) is 47.0 Å². The quantitative estimate of drug-likeness (QED) is 0.661. The van der Waals surface area contributed by atoms with Crippen LogP contribution in [0.25, 0.3) is 0 Å². The molecule has 2 aliphatic heterocycles. The summed E-state index contributed by atoms with van der Waals surface area (Å²) < 4.78 is 28.9. The Labute approximate surface area is 193 Å². The highest BCUT2D eigenvalue weighted by Crippen LogP contribution is 2.25. The Kier molecular flexibility index (Phi) is 7.76. The third kappa shape index (κ3) is 6.85. The molecule has 1 aromatic carbocycles. The Morgan fingerprint density at radius 3 is 2.22 bits per heavy atom. The number of piperazine rings is 1. The Bertz CT molecular complexity index is 872. The fourth-order valence-electron chi connectivity index (χ4n) is 4.55. The van der Waals surface area contributed by atoms with E-state index < -0.39 is 15.4 Å². The average Bonchev–Trinajstić information content (AvgIpc) is 2.71. The van der Waals surface area contributed by atoms with Crippen molar-refractivity contribution in [3.63, 3.8) is 0 Å². The number of likely N-dealkylation sites (tertiary alicyclic amines) is 1. The van der Waals surface area contributed by atoms with Crippen LogP contribution in [-0.2, 0) is 14.6 Å². The van der Waals surface area contributed by atoms with Crippen LogP contribution in [-0.4, -0.2) is 81.5 Å². The van der Waals surface area contributed by atoms with Gasteiger partial charge in [-0.2, -0.15) is 0 Å². The Morgan fingerprint density at radius 2 is 1.69 bits per heavy atom. The van der Waals surface area contributed by atoms with Crippen LogP contribution in [0.15, 0.2) is 29.2 Å². The van der Waals surface area contributed by atoms with Gasteiger partial charge >= 0.3 is 6.09 Å². The normalized spacial score (nSPS) is 21.6. The molecule has 2 fully saturated rings. The number of rotatable bonds is 5. The van der Waals surface area contributed by atoms with Crippen molar-refractivity contribution in [2.75, 3.05) is 50.4 Å². The van der Waals surface area contributed by atoms with Crippen LogP contribution < -0.4 is 4.90 Å². The third-order valence-electron chi connectivity index (χ3n) is 6.49. The second kappa shape index (κ2) is 10.00. The zero-order chi connectivity index (χ0) is 23.5. The zero-order valence-corrected chi connectivity index (χ0v) is 21.0. The van der Waals surface area contributed by atoms with Crippen molar-refractivity contribution in [3.8, 4) is 0 Å². The van der Waals surface area contributed by atoms with E-state index in [4.69, 9.17) is 4.74 Å². The van der Waals surface area contributed by atoms with Crippen molar-refractivity contribution in [3.05, 3.63) is 24.3 Å². The summed E-state index contributed by atoms with van der Waals surface area (Å²) in [5.74, 6) is 0.655. The molecule has 0 radical (unpaired) electrons.